The van der Waals surface area contributed by atoms with Gasteiger partial charge in [0.15, 0.2) is 0 Å². The third-order valence-electron chi connectivity index (χ3n) is 3.81. The van der Waals surface area contributed by atoms with Gasteiger partial charge in [0.2, 0.25) is 0 Å². The van der Waals surface area contributed by atoms with Gasteiger partial charge in [0.1, 0.15) is 5.75 Å². The van der Waals surface area contributed by atoms with Gasteiger partial charge in [-0.1, -0.05) is 43.2 Å². The van der Waals surface area contributed by atoms with Gasteiger partial charge in [0.05, 0.1) is 7.11 Å². The second-order valence-corrected chi connectivity index (χ2v) is 5.19. The lowest BCUT2D eigenvalue weighted by atomic mass is 9.95. The smallest absolute Gasteiger partial charge is 0.124 e. The van der Waals surface area contributed by atoms with Crippen molar-refractivity contribution in [1.29, 1.82) is 0 Å². The number of benzene rings is 2. The second-order valence-electron chi connectivity index (χ2n) is 5.19. The number of hydrogen-bond donors (Lipinski definition) is 1. The standard InChI is InChI=1S/C16H19NO.ClH/c1-18-15-9-8-12-4-2-3-5-13(12)16(15)14(17)10-11-6-7-11;/h2-5,8-9,11,14H,6-7,10,17H2,1H3;1H/t14-;/m1./s1. The first kappa shape index (κ1) is 14.2. The van der Waals surface area contributed by atoms with Gasteiger partial charge in [-0.15, -0.1) is 12.4 Å². The molecule has 0 unspecified atom stereocenters. The van der Waals surface area contributed by atoms with Crippen LogP contribution in [-0.4, -0.2) is 7.11 Å². The van der Waals surface area contributed by atoms with Crippen LogP contribution in [0, 0.1) is 5.92 Å². The summed E-state index contributed by atoms with van der Waals surface area (Å²) in [6, 6.07) is 12.6. The van der Waals surface area contributed by atoms with Gasteiger partial charge in [-0.3, -0.25) is 0 Å². The molecule has 2 aromatic carbocycles. The summed E-state index contributed by atoms with van der Waals surface area (Å²) < 4.78 is 5.50. The number of ether oxygens (including phenoxy) is 1. The minimum absolute atomic E-state index is 0. The number of rotatable bonds is 4. The van der Waals surface area contributed by atoms with Crippen molar-refractivity contribution in [3.63, 3.8) is 0 Å². The topological polar surface area (TPSA) is 35.2 Å². The Bertz CT molecular complexity index is 566. The van der Waals surface area contributed by atoms with Gasteiger partial charge < -0.3 is 10.5 Å². The van der Waals surface area contributed by atoms with Crippen molar-refractivity contribution < 1.29 is 4.74 Å². The molecule has 0 aliphatic heterocycles. The summed E-state index contributed by atoms with van der Waals surface area (Å²) in [6.07, 6.45) is 3.74. The minimum Gasteiger partial charge on any atom is -0.496 e. The lowest BCUT2D eigenvalue weighted by Crippen LogP contribution is -2.13. The third kappa shape index (κ3) is 2.85. The van der Waals surface area contributed by atoms with E-state index in [0.717, 1.165) is 18.1 Å². The third-order valence-corrected chi connectivity index (χ3v) is 3.81. The molecule has 19 heavy (non-hydrogen) atoms. The number of halogens is 1. The van der Waals surface area contributed by atoms with E-state index >= 15 is 0 Å². The van der Waals surface area contributed by atoms with Crippen LogP contribution >= 0.6 is 12.4 Å². The summed E-state index contributed by atoms with van der Waals surface area (Å²) >= 11 is 0. The predicted octanol–water partition coefficient (Wildman–Crippen LogP) is 4.07. The van der Waals surface area contributed by atoms with Gasteiger partial charge in [0.25, 0.3) is 0 Å². The molecule has 1 aliphatic carbocycles. The van der Waals surface area contributed by atoms with Crippen molar-refractivity contribution in [1.82, 2.24) is 0 Å². The first-order valence-electron chi connectivity index (χ1n) is 6.61. The molecule has 2 N–H and O–H groups in total. The first-order chi connectivity index (χ1) is 8.79. The molecule has 1 aliphatic rings. The Balaban J connectivity index is 0.00000133. The fourth-order valence-electron chi connectivity index (χ4n) is 2.67. The number of hydrogen-bond acceptors (Lipinski definition) is 2. The van der Waals surface area contributed by atoms with Crippen molar-refractivity contribution in [2.24, 2.45) is 11.7 Å². The van der Waals surface area contributed by atoms with Gasteiger partial charge in [0, 0.05) is 11.6 Å². The lowest BCUT2D eigenvalue weighted by molar-refractivity contribution is 0.404. The van der Waals surface area contributed by atoms with Crippen LogP contribution in [0.25, 0.3) is 10.8 Å². The van der Waals surface area contributed by atoms with E-state index in [9.17, 15) is 0 Å². The number of nitrogens with two attached hydrogens (primary N) is 1. The maximum Gasteiger partial charge on any atom is 0.124 e. The van der Waals surface area contributed by atoms with Gasteiger partial charge in [-0.05, 0) is 29.2 Å². The summed E-state index contributed by atoms with van der Waals surface area (Å²) in [4.78, 5) is 0. The van der Waals surface area contributed by atoms with Crippen LogP contribution in [0.2, 0.25) is 0 Å². The Morgan fingerprint density at radius 2 is 1.95 bits per heavy atom. The van der Waals surface area contributed by atoms with Crippen LogP contribution in [0.5, 0.6) is 5.75 Å². The zero-order chi connectivity index (χ0) is 12.5. The van der Waals surface area contributed by atoms with Crippen molar-refractivity contribution >= 4 is 23.2 Å². The Labute approximate surface area is 120 Å². The van der Waals surface area contributed by atoms with Crippen LogP contribution in [0.1, 0.15) is 30.9 Å². The second kappa shape index (κ2) is 5.81. The molecular formula is C16H20ClNO. The molecule has 2 aromatic rings. The van der Waals surface area contributed by atoms with E-state index in [2.05, 4.69) is 30.3 Å². The average Bonchev–Trinajstić information content (AvgIpc) is 3.21. The van der Waals surface area contributed by atoms with Crippen LogP contribution in [0.15, 0.2) is 36.4 Å². The molecular weight excluding hydrogens is 258 g/mol. The van der Waals surface area contributed by atoms with Crippen LogP contribution in [-0.2, 0) is 0 Å². The van der Waals surface area contributed by atoms with Crippen molar-refractivity contribution in [3.05, 3.63) is 42.0 Å². The highest BCUT2D eigenvalue weighted by atomic mass is 35.5. The Kier molecular flexibility index (Phi) is 4.33. The summed E-state index contributed by atoms with van der Waals surface area (Å²) in [5.74, 6) is 1.74. The van der Waals surface area contributed by atoms with Crippen LogP contribution in [0.4, 0.5) is 0 Å². The van der Waals surface area contributed by atoms with E-state index in [1.165, 1.54) is 29.2 Å². The predicted molar refractivity (Wildman–Crippen MR) is 82.0 cm³/mol. The molecule has 0 amide bonds. The van der Waals surface area contributed by atoms with Gasteiger partial charge >= 0.3 is 0 Å². The molecule has 1 saturated carbocycles. The molecule has 1 atom stereocenters. The van der Waals surface area contributed by atoms with E-state index in [4.69, 9.17) is 10.5 Å². The molecule has 3 heteroatoms. The molecule has 0 aromatic heterocycles. The molecule has 0 radical (unpaired) electrons. The number of fused-ring (bicyclic) bond motifs is 1. The van der Waals surface area contributed by atoms with Crippen LogP contribution < -0.4 is 10.5 Å². The van der Waals surface area contributed by atoms with E-state index in [1.807, 2.05) is 6.07 Å². The first-order valence-corrected chi connectivity index (χ1v) is 6.61. The molecule has 3 rings (SSSR count). The fourth-order valence-corrected chi connectivity index (χ4v) is 2.67. The van der Waals surface area contributed by atoms with Gasteiger partial charge in [-0.25, -0.2) is 0 Å². The molecule has 0 saturated heterocycles. The highest BCUT2D eigenvalue weighted by molar-refractivity contribution is 5.88. The minimum atomic E-state index is 0. The largest absolute Gasteiger partial charge is 0.496 e. The normalized spacial score (nSPS) is 15.9. The number of methoxy groups -OCH3 is 1. The van der Waals surface area contributed by atoms with Crippen molar-refractivity contribution in [2.45, 2.75) is 25.3 Å². The van der Waals surface area contributed by atoms with Gasteiger partial charge in [-0.2, -0.15) is 0 Å². The molecule has 0 spiro atoms. The SMILES string of the molecule is COc1ccc2ccccc2c1[C@H](N)CC1CC1.Cl. The van der Waals surface area contributed by atoms with E-state index in [1.54, 1.807) is 7.11 Å². The van der Waals surface area contributed by atoms with Crippen molar-refractivity contribution in [3.8, 4) is 5.75 Å². The molecule has 2 nitrogen and oxygen atoms in total. The maximum absolute atomic E-state index is 6.40. The van der Waals surface area contributed by atoms with E-state index in [-0.39, 0.29) is 18.4 Å². The van der Waals surface area contributed by atoms with Crippen LogP contribution in [0.3, 0.4) is 0 Å². The molecule has 1 fully saturated rings. The summed E-state index contributed by atoms with van der Waals surface area (Å²) in [7, 11) is 1.72. The Hall–Kier alpha value is -1.25. The molecule has 0 bridgehead atoms. The summed E-state index contributed by atoms with van der Waals surface area (Å²) in [5.41, 5.74) is 7.57. The molecule has 102 valence electrons. The summed E-state index contributed by atoms with van der Waals surface area (Å²) in [5, 5.41) is 2.46. The Morgan fingerprint density at radius 1 is 1.21 bits per heavy atom. The zero-order valence-corrected chi connectivity index (χ0v) is 12.0. The summed E-state index contributed by atoms with van der Waals surface area (Å²) in [6.45, 7) is 0. The van der Waals surface area contributed by atoms with Crippen molar-refractivity contribution in [2.75, 3.05) is 7.11 Å². The molecule has 0 heterocycles. The quantitative estimate of drug-likeness (QED) is 0.914. The van der Waals surface area contributed by atoms with E-state index < -0.39 is 0 Å². The maximum atomic E-state index is 6.40. The zero-order valence-electron chi connectivity index (χ0n) is 11.1. The highest BCUT2D eigenvalue weighted by Gasteiger charge is 2.26. The highest BCUT2D eigenvalue weighted by Crippen LogP contribution is 2.40. The lowest BCUT2D eigenvalue weighted by Gasteiger charge is -2.18. The van der Waals surface area contributed by atoms with E-state index in [0.29, 0.717) is 0 Å². The average molecular weight is 278 g/mol. The fraction of sp³-hybridized carbons (Fsp3) is 0.375. The monoisotopic (exact) mass is 277 g/mol. The Morgan fingerprint density at radius 3 is 2.63 bits per heavy atom.